The van der Waals surface area contributed by atoms with Crippen molar-refractivity contribution in [1.82, 2.24) is 10.6 Å². The van der Waals surface area contributed by atoms with Crippen molar-refractivity contribution in [3.8, 4) is 0 Å². The van der Waals surface area contributed by atoms with Crippen LogP contribution in [0.5, 0.6) is 0 Å². The number of urea groups is 1. The summed E-state index contributed by atoms with van der Waals surface area (Å²) in [6.45, 7) is 0. The van der Waals surface area contributed by atoms with E-state index in [2.05, 4.69) is 10.6 Å². The molecule has 0 bridgehead atoms. The number of fused-ring (bicyclic) bond motifs is 1. The predicted octanol–water partition coefficient (Wildman–Crippen LogP) is -3.76. The van der Waals surface area contributed by atoms with Gasteiger partial charge in [0.25, 0.3) is 7.82 Å². The van der Waals surface area contributed by atoms with Gasteiger partial charge < -0.3 is 30.4 Å². The molecule has 0 aromatic carbocycles. The Morgan fingerprint density at radius 2 is 1.95 bits per heavy atom. The molecule has 22 heavy (non-hydrogen) atoms. The van der Waals surface area contributed by atoms with Crippen LogP contribution in [-0.2, 0) is 9.36 Å². The second kappa shape index (κ2) is 10.6. The third-order valence-electron chi connectivity index (χ3n) is 3.07. The number of nitrogens with one attached hydrogen (secondary N) is 2. The summed E-state index contributed by atoms with van der Waals surface area (Å²) in [4.78, 5) is 44.4. The monoisotopic (exact) mass is 380 g/mol. The molecule has 2 aliphatic heterocycles. The minimum atomic E-state index is -4.89. The van der Waals surface area contributed by atoms with Crippen molar-refractivity contribution in [1.29, 1.82) is 0 Å². The number of phosphoric acid groups is 1. The van der Waals surface area contributed by atoms with Gasteiger partial charge in [-0.15, -0.1) is 0 Å². The van der Waals surface area contributed by atoms with Crippen LogP contribution in [0.3, 0.4) is 0 Å². The maximum absolute atomic E-state index is 11.1. The van der Waals surface area contributed by atoms with Gasteiger partial charge in [-0.3, -0.25) is 9.36 Å². The molecule has 2 rings (SSSR count). The molecule has 12 heteroatoms. The summed E-state index contributed by atoms with van der Waals surface area (Å²) in [5.41, 5.74) is 0. The Morgan fingerprint density at radius 3 is 2.50 bits per heavy atom. The summed E-state index contributed by atoms with van der Waals surface area (Å²) in [7, 11) is -4.89. The SMILES string of the molecule is O=C(O)CCCC[C@@H]1SC[C@@H]2NC(=O)N[C@@H]21.O=P([O-])(O)O.[K+]. The van der Waals surface area contributed by atoms with Crippen LogP contribution in [0.25, 0.3) is 0 Å². The zero-order valence-electron chi connectivity index (χ0n) is 12.1. The maximum Gasteiger partial charge on any atom is 1.00 e. The van der Waals surface area contributed by atoms with E-state index in [1.807, 2.05) is 11.8 Å². The molecular weight excluding hydrogens is 362 g/mol. The number of amides is 2. The number of unbranched alkanes of at least 4 members (excludes halogenated alkanes) is 1. The van der Waals surface area contributed by atoms with E-state index in [9.17, 15) is 9.59 Å². The molecule has 2 fully saturated rings. The number of carbonyl (C=O) groups excluding carboxylic acids is 1. The average molecular weight is 380 g/mol. The summed E-state index contributed by atoms with van der Waals surface area (Å²) in [5, 5.41) is 14.8. The van der Waals surface area contributed by atoms with Crippen LogP contribution in [0, 0.1) is 0 Å². The molecule has 3 atom stereocenters. The second-order valence-corrected chi connectivity index (χ2v) is 7.01. The summed E-state index contributed by atoms with van der Waals surface area (Å²) >= 11 is 1.87. The Balaban J connectivity index is 0.000000644. The number of thioether (sulfide) groups is 1. The molecule has 9 nitrogen and oxygen atoms in total. The van der Waals surface area contributed by atoms with Crippen molar-refractivity contribution >= 4 is 31.6 Å². The molecule has 0 aromatic rings. The van der Waals surface area contributed by atoms with Crippen LogP contribution in [0.4, 0.5) is 4.79 Å². The summed E-state index contributed by atoms with van der Waals surface area (Å²) in [6.07, 6.45) is 2.88. The first-order valence-corrected chi connectivity index (χ1v) is 8.91. The normalized spacial score (nSPS) is 26.0. The fraction of sp³-hybridized carbons (Fsp3) is 0.800. The van der Waals surface area contributed by atoms with Crippen molar-refractivity contribution in [2.24, 2.45) is 0 Å². The van der Waals surface area contributed by atoms with Gasteiger partial charge in [0.15, 0.2) is 0 Å². The minimum absolute atomic E-state index is 0. The van der Waals surface area contributed by atoms with Gasteiger partial charge in [-0.25, -0.2) is 4.79 Å². The Labute approximate surface area is 174 Å². The second-order valence-electron chi connectivity index (χ2n) is 4.75. The van der Waals surface area contributed by atoms with Crippen LogP contribution in [0.1, 0.15) is 25.7 Å². The van der Waals surface area contributed by atoms with Crippen molar-refractivity contribution in [2.75, 3.05) is 5.75 Å². The fourth-order valence-electron chi connectivity index (χ4n) is 2.26. The van der Waals surface area contributed by atoms with E-state index in [1.54, 1.807) is 0 Å². The van der Waals surface area contributed by atoms with Gasteiger partial charge in [-0.1, -0.05) is 6.42 Å². The molecule has 0 aromatic heterocycles. The van der Waals surface area contributed by atoms with Gasteiger partial charge in [0.05, 0.1) is 12.1 Å². The zero-order valence-corrected chi connectivity index (χ0v) is 16.9. The van der Waals surface area contributed by atoms with E-state index in [0.29, 0.717) is 5.25 Å². The molecule has 0 radical (unpaired) electrons. The van der Waals surface area contributed by atoms with Gasteiger partial charge in [-0.2, -0.15) is 11.8 Å². The Bertz CT molecular complexity index is 427. The number of hydrogen-bond donors (Lipinski definition) is 5. The van der Waals surface area contributed by atoms with Crippen LogP contribution in [0.2, 0.25) is 0 Å². The van der Waals surface area contributed by atoms with Crippen molar-refractivity contribution < 1.29 is 85.3 Å². The smallest absolute Gasteiger partial charge is 0.756 e. The van der Waals surface area contributed by atoms with Crippen LogP contribution >= 0.6 is 19.6 Å². The molecule has 2 aliphatic rings. The molecular formula is C10H18KN2O7PS. The molecule has 0 saturated carbocycles. The average Bonchev–Trinajstić information content (AvgIpc) is 2.82. The molecule has 2 amide bonds. The Morgan fingerprint density at radius 1 is 1.36 bits per heavy atom. The van der Waals surface area contributed by atoms with E-state index in [4.69, 9.17) is 24.4 Å². The Hall–Kier alpha value is 0.836. The molecule has 0 unspecified atom stereocenters. The molecule has 5 N–H and O–H groups in total. The number of carboxylic acids is 1. The van der Waals surface area contributed by atoms with Crippen LogP contribution < -0.4 is 66.9 Å². The van der Waals surface area contributed by atoms with Crippen molar-refractivity contribution in [3.63, 3.8) is 0 Å². The van der Waals surface area contributed by atoms with Crippen LogP contribution in [-0.4, -0.2) is 50.0 Å². The first kappa shape index (κ1) is 22.8. The van der Waals surface area contributed by atoms with Crippen LogP contribution in [0.15, 0.2) is 0 Å². The Kier molecular flexibility index (Phi) is 11.1. The number of carbonyl (C=O) groups is 2. The van der Waals surface area contributed by atoms with Gasteiger partial charge in [0.1, 0.15) is 0 Å². The largest absolute Gasteiger partial charge is 1.00 e. The fourth-order valence-corrected chi connectivity index (χ4v) is 3.81. The minimum Gasteiger partial charge on any atom is -0.756 e. The zero-order chi connectivity index (χ0) is 16.0. The van der Waals surface area contributed by atoms with Crippen molar-refractivity contribution in [2.45, 2.75) is 43.0 Å². The third-order valence-corrected chi connectivity index (χ3v) is 4.58. The first-order chi connectivity index (χ1) is 9.66. The van der Waals surface area contributed by atoms with Gasteiger partial charge in [-0.05, 0) is 12.8 Å². The van der Waals surface area contributed by atoms with E-state index < -0.39 is 13.8 Å². The maximum atomic E-state index is 11.1. The number of rotatable bonds is 5. The van der Waals surface area contributed by atoms with E-state index in [-0.39, 0.29) is 75.9 Å². The van der Waals surface area contributed by atoms with Gasteiger partial charge >= 0.3 is 63.4 Å². The molecule has 122 valence electrons. The molecule has 2 heterocycles. The quantitative estimate of drug-likeness (QED) is 0.141. The summed E-state index contributed by atoms with van der Waals surface area (Å²) in [5.74, 6) is 0.236. The number of aliphatic carboxylic acids is 1. The topological polar surface area (TPSA) is 159 Å². The van der Waals surface area contributed by atoms with E-state index in [0.717, 1.165) is 25.0 Å². The molecule has 0 aliphatic carbocycles. The molecule has 2 saturated heterocycles. The summed E-state index contributed by atoms with van der Waals surface area (Å²) in [6, 6.07) is 0.440. The first-order valence-electron chi connectivity index (χ1n) is 6.34. The van der Waals surface area contributed by atoms with Crippen molar-refractivity contribution in [3.05, 3.63) is 0 Å². The standard InChI is InChI=1S/C10H16N2O3S.K.H3O4P/c13-8(14)4-2-1-3-7-9-6(5-16-7)11-10(15)12-9;;1-5(2,3)4/h6-7,9H,1-5H2,(H,13,14)(H2,11,12,15);;(H3,1,2,3,4)/q;+1;/p-1/t6-,7-,9-;;/m0../s1. The third kappa shape index (κ3) is 9.86. The number of carboxylic acid groups (broad SMARTS) is 1. The predicted molar refractivity (Wildman–Crippen MR) is 73.6 cm³/mol. The van der Waals surface area contributed by atoms with Gasteiger partial charge in [0, 0.05) is 17.4 Å². The van der Waals surface area contributed by atoms with Gasteiger partial charge in [0.2, 0.25) is 0 Å². The molecule has 0 spiro atoms. The number of hydrogen-bond acceptors (Lipinski definition) is 5. The van der Waals surface area contributed by atoms with E-state index in [1.165, 1.54) is 0 Å². The summed E-state index contributed by atoms with van der Waals surface area (Å²) < 4.78 is 8.77. The van der Waals surface area contributed by atoms with E-state index >= 15 is 0 Å².